The van der Waals surface area contributed by atoms with E-state index in [9.17, 15) is 39.4 Å². The summed E-state index contributed by atoms with van der Waals surface area (Å²) >= 11 is 0. The number of primary amides is 1. The summed E-state index contributed by atoms with van der Waals surface area (Å²) in [5, 5.41) is 50.1. The molecule has 2 aromatic carbocycles. The predicted octanol–water partition coefficient (Wildman–Crippen LogP) is 4.05. The van der Waals surface area contributed by atoms with E-state index in [-0.39, 0.29) is 50.3 Å². The average molecular weight is 745 g/mol. The van der Waals surface area contributed by atoms with E-state index in [1.54, 1.807) is 77.3 Å². The lowest BCUT2D eigenvalue weighted by atomic mass is 9.57. The molecule has 284 valence electrons. The number of nitrogens with zero attached hydrogens (tertiary/aromatic N) is 2. The van der Waals surface area contributed by atoms with E-state index in [4.69, 9.17) is 19.5 Å². The van der Waals surface area contributed by atoms with Crippen LogP contribution in [-0.2, 0) is 34.4 Å². The van der Waals surface area contributed by atoms with Crippen molar-refractivity contribution in [3.8, 4) is 11.5 Å². The van der Waals surface area contributed by atoms with E-state index in [1.165, 1.54) is 12.0 Å². The van der Waals surface area contributed by atoms with Gasteiger partial charge in [0, 0.05) is 31.3 Å². The number of fused-ring (bicyclic) bond motifs is 3. The van der Waals surface area contributed by atoms with Crippen LogP contribution in [0.15, 0.2) is 47.2 Å². The van der Waals surface area contributed by atoms with E-state index >= 15 is 0 Å². The Morgan fingerprint density at radius 3 is 2.17 bits per heavy atom. The van der Waals surface area contributed by atoms with Gasteiger partial charge in [0.15, 0.2) is 17.2 Å². The zero-order valence-electron chi connectivity index (χ0n) is 29.6. The number of nitrogens with two attached hydrogens (primary N) is 1. The van der Waals surface area contributed by atoms with Crippen LogP contribution in [0.3, 0.4) is 0 Å². The maximum absolute atomic E-state index is 14.4. The van der Waals surface area contributed by atoms with Crippen LogP contribution in [0.1, 0.15) is 50.2 Å². The largest absolute Gasteiger partial charge is 0.508 e. The third-order valence-electron chi connectivity index (χ3n) is 9.84. The number of rotatable bonds is 12. The SMILES string of the molecule is C.CCOP(=O)(OCC)C(Nc1cc(N(C)C)c2c(c1O)C(O)=C1C(=O)[C@]3(O)C(O)=C(C(N)=O)C(=O)[C@@H](N(C)C)[C@@H]3C[C@@H]1C2)c1ccc(OC)cc1. The number of ether oxygens (including phenoxy) is 1. The molecule has 1 saturated carbocycles. The second kappa shape index (κ2) is 14.9. The van der Waals surface area contributed by atoms with Crippen molar-refractivity contribution in [3.05, 3.63) is 63.9 Å². The molecular formula is C36H49N4O11P. The molecule has 0 aromatic heterocycles. The van der Waals surface area contributed by atoms with Gasteiger partial charge >= 0.3 is 7.60 Å². The Bertz CT molecular complexity index is 1860. The normalized spacial score (nSPS) is 23.4. The standard InChI is InChI=1S/C35H45N4O11P.CH4/c1-8-49-51(47,50-9-2)34(17-10-12-19(48-7)13-11-17)37-22-16-23(38(3)4)20-14-18-15-21-27(39(5)6)30(42)26(33(36)45)32(44)35(21,46)31(43)24(18)29(41)25(20)28(22)40;/h10-13,16,18,21,27,34,37,40-41,44,46H,8-9,14-15H2,1-7H3,(H2,36,45);1H4/t18-,21-,27-,34?,35-;/m0./s1. The van der Waals surface area contributed by atoms with Gasteiger partial charge in [-0.25, -0.2) is 0 Å². The van der Waals surface area contributed by atoms with Gasteiger partial charge in [-0.05, 0) is 76.0 Å². The van der Waals surface area contributed by atoms with Crippen LogP contribution in [0.25, 0.3) is 5.76 Å². The summed E-state index contributed by atoms with van der Waals surface area (Å²) in [5.74, 6) is -8.17. The maximum Gasteiger partial charge on any atom is 0.357 e. The number of aliphatic hydroxyl groups is 3. The summed E-state index contributed by atoms with van der Waals surface area (Å²) in [6.07, 6.45) is 0.0407. The zero-order valence-corrected chi connectivity index (χ0v) is 30.5. The number of hydrogen-bond donors (Lipinski definition) is 6. The number of amides is 1. The highest BCUT2D eigenvalue weighted by Gasteiger charge is 2.64. The van der Waals surface area contributed by atoms with Crippen molar-refractivity contribution in [2.75, 3.05) is 58.7 Å². The number of anilines is 2. The number of carbonyl (C=O) groups excluding carboxylic acids is 3. The summed E-state index contributed by atoms with van der Waals surface area (Å²) in [6.45, 7) is 3.42. The fraction of sp³-hybridized carbons (Fsp3) is 0.472. The number of methoxy groups -OCH3 is 1. The molecule has 7 N–H and O–H groups in total. The number of phenols is 1. The molecule has 15 nitrogen and oxygen atoms in total. The molecule has 0 spiro atoms. The summed E-state index contributed by atoms with van der Waals surface area (Å²) in [5.41, 5.74) is 2.83. The highest BCUT2D eigenvalue weighted by molar-refractivity contribution is 7.54. The zero-order chi connectivity index (χ0) is 37.7. The summed E-state index contributed by atoms with van der Waals surface area (Å²) in [4.78, 5) is 43.3. The lowest BCUT2D eigenvalue weighted by molar-refractivity contribution is -0.153. The van der Waals surface area contributed by atoms with Crippen LogP contribution in [0.4, 0.5) is 11.4 Å². The molecule has 0 heterocycles. The van der Waals surface area contributed by atoms with Crippen molar-refractivity contribution >= 4 is 42.2 Å². The van der Waals surface area contributed by atoms with E-state index in [2.05, 4.69) is 5.32 Å². The van der Waals surface area contributed by atoms with Gasteiger partial charge in [0.1, 0.15) is 28.6 Å². The molecular weight excluding hydrogens is 695 g/mol. The third-order valence-corrected chi connectivity index (χ3v) is 12.1. The van der Waals surface area contributed by atoms with Gasteiger partial charge in [0.05, 0.1) is 37.6 Å². The Labute approximate surface area is 303 Å². The number of Topliss-reactive ketones (excluding diaryl/α,β-unsaturated/α-hetero) is 2. The van der Waals surface area contributed by atoms with Crippen molar-refractivity contribution in [3.63, 3.8) is 0 Å². The second-order valence-electron chi connectivity index (χ2n) is 13.2. The quantitative estimate of drug-likeness (QED) is 0.103. The lowest BCUT2D eigenvalue weighted by Gasteiger charge is -2.50. The van der Waals surface area contributed by atoms with Crippen molar-refractivity contribution in [1.29, 1.82) is 0 Å². The van der Waals surface area contributed by atoms with Crippen molar-refractivity contribution in [1.82, 2.24) is 4.90 Å². The molecule has 3 aliphatic rings. The van der Waals surface area contributed by atoms with Crippen LogP contribution < -0.4 is 20.7 Å². The lowest BCUT2D eigenvalue weighted by Crippen LogP contribution is -2.65. The van der Waals surface area contributed by atoms with Gasteiger partial charge in [-0.1, -0.05) is 19.6 Å². The highest BCUT2D eigenvalue weighted by Crippen LogP contribution is 2.62. The van der Waals surface area contributed by atoms with Crippen LogP contribution in [0.2, 0.25) is 0 Å². The number of nitrogens with one attached hydrogen (secondary N) is 1. The maximum atomic E-state index is 14.4. The first-order valence-electron chi connectivity index (χ1n) is 16.5. The monoisotopic (exact) mass is 744 g/mol. The first kappa shape index (κ1) is 40.4. The van der Waals surface area contributed by atoms with Gasteiger partial charge < -0.3 is 50.2 Å². The molecule has 2 aromatic rings. The highest BCUT2D eigenvalue weighted by atomic mass is 31.2. The molecule has 16 heteroatoms. The Hall–Kier alpha value is -4.40. The van der Waals surface area contributed by atoms with Crippen molar-refractivity contribution < 1.29 is 53.2 Å². The number of aromatic hydroxyl groups is 1. The van der Waals surface area contributed by atoms with Crippen molar-refractivity contribution in [2.45, 2.75) is 51.5 Å². The average Bonchev–Trinajstić information content (AvgIpc) is 3.05. The smallest absolute Gasteiger partial charge is 0.357 e. The Kier molecular flexibility index (Phi) is 11.6. The van der Waals surface area contributed by atoms with Gasteiger partial charge in [0.25, 0.3) is 5.91 Å². The first-order chi connectivity index (χ1) is 24.0. The molecule has 1 fully saturated rings. The minimum Gasteiger partial charge on any atom is -0.508 e. The minimum atomic E-state index is -3.98. The van der Waals surface area contributed by atoms with Gasteiger partial charge in [-0.3, -0.25) is 23.8 Å². The number of ketones is 2. The molecule has 0 bridgehead atoms. The summed E-state index contributed by atoms with van der Waals surface area (Å²) in [6, 6.07) is 7.09. The molecule has 0 aliphatic heterocycles. The Morgan fingerprint density at radius 1 is 1.08 bits per heavy atom. The minimum absolute atomic E-state index is 0. The van der Waals surface area contributed by atoms with Crippen LogP contribution in [0.5, 0.6) is 11.5 Å². The fourth-order valence-corrected chi connectivity index (χ4v) is 9.55. The van der Waals surface area contributed by atoms with Gasteiger partial charge in [0.2, 0.25) is 5.78 Å². The van der Waals surface area contributed by atoms with Crippen LogP contribution in [-0.4, -0.2) is 103 Å². The molecule has 0 saturated heterocycles. The Balaban J connectivity index is 0.00000605. The fourth-order valence-electron chi connectivity index (χ4n) is 7.63. The molecule has 5 atom stereocenters. The van der Waals surface area contributed by atoms with Gasteiger partial charge in [-0.15, -0.1) is 0 Å². The molecule has 52 heavy (non-hydrogen) atoms. The number of carbonyl (C=O) groups is 3. The Morgan fingerprint density at radius 2 is 1.67 bits per heavy atom. The number of hydrogen-bond acceptors (Lipinski definition) is 14. The van der Waals surface area contributed by atoms with E-state index in [0.29, 0.717) is 22.6 Å². The molecule has 0 radical (unpaired) electrons. The van der Waals surface area contributed by atoms with Gasteiger partial charge in [-0.2, -0.15) is 0 Å². The topological polar surface area (TPSA) is 221 Å². The second-order valence-corrected chi connectivity index (χ2v) is 15.3. The van der Waals surface area contributed by atoms with Crippen molar-refractivity contribution in [2.24, 2.45) is 17.6 Å². The number of benzene rings is 2. The van der Waals surface area contributed by atoms with Crippen LogP contribution >= 0.6 is 7.60 Å². The summed E-state index contributed by atoms with van der Waals surface area (Å²) < 4.78 is 31.0. The molecule has 1 unspecified atom stereocenters. The first-order valence-corrected chi connectivity index (χ1v) is 18.1. The van der Waals surface area contributed by atoms with E-state index in [1.807, 2.05) is 0 Å². The number of phenolic OH excluding ortho intramolecular Hbond substituents is 1. The van der Waals surface area contributed by atoms with Crippen LogP contribution in [0, 0.1) is 11.8 Å². The number of aliphatic hydroxyl groups excluding tert-OH is 2. The predicted molar refractivity (Wildman–Crippen MR) is 196 cm³/mol. The molecule has 3 aliphatic carbocycles. The van der Waals surface area contributed by atoms with E-state index < -0.39 is 77.2 Å². The molecule has 1 amide bonds. The third kappa shape index (κ3) is 6.34. The molecule has 5 rings (SSSR count). The summed E-state index contributed by atoms with van der Waals surface area (Å²) in [7, 11) is 4.11. The number of likely N-dealkylation sites (N-methyl/N-ethyl adjacent to an activating group) is 1. The van der Waals surface area contributed by atoms with E-state index in [0.717, 1.165) is 0 Å².